The van der Waals surface area contributed by atoms with E-state index in [4.69, 9.17) is 4.74 Å². The molecular weight excluding hydrogens is 367 g/mol. The molecule has 0 aliphatic rings. The fourth-order valence-electron chi connectivity index (χ4n) is 2.20. The molecule has 0 spiro atoms. The first kappa shape index (κ1) is 13.6. The van der Waals surface area contributed by atoms with E-state index in [1.807, 2.05) is 0 Å². The Labute approximate surface area is 130 Å². The van der Waals surface area contributed by atoms with Crippen molar-refractivity contribution in [2.24, 2.45) is 7.05 Å². The average molecular weight is 382 g/mol. The lowest BCUT2D eigenvalue weighted by molar-refractivity contribution is 0.183. The lowest BCUT2D eigenvalue weighted by Gasteiger charge is -2.00. The van der Waals surface area contributed by atoms with Gasteiger partial charge in [0.1, 0.15) is 6.33 Å². The molecule has 0 aliphatic heterocycles. The molecule has 2 aromatic heterocycles. The van der Waals surface area contributed by atoms with Crippen molar-refractivity contribution in [3.8, 4) is 11.4 Å². The topological polar surface area (TPSA) is 44.9 Å². The number of fused-ring (bicyclic) bond motifs is 1. The Balaban J connectivity index is 1.97. The summed E-state index contributed by atoms with van der Waals surface area (Å²) in [5.74, 6) is 0.752. The Hall–Kier alpha value is -1.41. The molecular formula is C14H15IN4O. The maximum absolute atomic E-state index is 5.04. The van der Waals surface area contributed by atoms with Crippen LogP contribution in [0.15, 0.2) is 30.7 Å². The largest absolute Gasteiger partial charge is 0.383 e. The third-order valence-electron chi connectivity index (χ3n) is 3.26. The molecule has 20 heavy (non-hydrogen) atoms. The molecule has 0 atom stereocenters. The van der Waals surface area contributed by atoms with E-state index >= 15 is 0 Å². The Kier molecular flexibility index (Phi) is 3.75. The van der Waals surface area contributed by atoms with Crippen LogP contribution in [0.3, 0.4) is 0 Å². The fourth-order valence-corrected chi connectivity index (χ4v) is 3.05. The second-order valence-corrected chi connectivity index (χ2v) is 5.81. The molecule has 0 saturated carbocycles. The molecule has 0 radical (unpaired) electrons. The van der Waals surface area contributed by atoms with Crippen LogP contribution in [-0.4, -0.2) is 33.0 Å². The number of aromatic nitrogens is 4. The lowest BCUT2D eigenvalue weighted by Crippen LogP contribution is -2.04. The number of methoxy groups -OCH3 is 1. The Morgan fingerprint density at radius 3 is 3.00 bits per heavy atom. The predicted octanol–water partition coefficient (Wildman–Crippen LogP) is 2.69. The fraction of sp³-hybridized carbons (Fsp3) is 0.286. The molecule has 0 bridgehead atoms. The highest BCUT2D eigenvalue weighted by Crippen LogP contribution is 2.26. The zero-order valence-corrected chi connectivity index (χ0v) is 13.5. The molecule has 0 fully saturated rings. The van der Waals surface area contributed by atoms with E-state index in [1.54, 1.807) is 18.1 Å². The van der Waals surface area contributed by atoms with Gasteiger partial charge in [0.15, 0.2) is 5.82 Å². The van der Waals surface area contributed by atoms with Gasteiger partial charge in [0.2, 0.25) is 0 Å². The summed E-state index contributed by atoms with van der Waals surface area (Å²) in [5.41, 5.74) is 2.26. The van der Waals surface area contributed by atoms with Crippen molar-refractivity contribution in [2.75, 3.05) is 13.7 Å². The first-order valence-corrected chi connectivity index (χ1v) is 7.40. The van der Waals surface area contributed by atoms with E-state index in [-0.39, 0.29) is 0 Å². The van der Waals surface area contributed by atoms with Crippen LogP contribution in [0.4, 0.5) is 0 Å². The van der Waals surface area contributed by atoms with Gasteiger partial charge in [0, 0.05) is 40.4 Å². The van der Waals surface area contributed by atoms with Crippen LogP contribution in [-0.2, 0) is 18.3 Å². The summed E-state index contributed by atoms with van der Waals surface area (Å²) in [6, 6.07) is 6.32. The van der Waals surface area contributed by atoms with Crippen LogP contribution in [0, 0.1) is 3.57 Å². The minimum atomic E-state index is 0.637. The zero-order valence-electron chi connectivity index (χ0n) is 11.4. The Morgan fingerprint density at radius 1 is 1.35 bits per heavy atom. The summed E-state index contributed by atoms with van der Waals surface area (Å²) in [4.78, 5) is 4.37. The first-order valence-electron chi connectivity index (χ1n) is 6.32. The molecule has 6 heteroatoms. The van der Waals surface area contributed by atoms with Crippen molar-refractivity contribution in [1.82, 2.24) is 19.3 Å². The number of hydrogen-bond acceptors (Lipinski definition) is 3. The molecule has 0 amide bonds. The predicted molar refractivity (Wildman–Crippen MR) is 86.5 cm³/mol. The summed E-state index contributed by atoms with van der Waals surface area (Å²) >= 11 is 2.36. The van der Waals surface area contributed by atoms with Gasteiger partial charge in [-0.1, -0.05) is 0 Å². The molecule has 5 nitrogen and oxygen atoms in total. The van der Waals surface area contributed by atoms with Crippen molar-refractivity contribution in [3.05, 3.63) is 34.3 Å². The first-order chi connectivity index (χ1) is 9.69. The van der Waals surface area contributed by atoms with Crippen LogP contribution in [0.25, 0.3) is 22.3 Å². The standard InChI is InChI=1S/C14H15IN4O/c1-18-8-12(15)11-7-10(3-4-13(11)18)14-16-9-19(17-14)5-6-20-2/h3-4,7-9H,5-6H2,1-2H3. The maximum Gasteiger partial charge on any atom is 0.181 e. The van der Waals surface area contributed by atoms with E-state index in [0.717, 1.165) is 11.4 Å². The number of rotatable bonds is 4. The average Bonchev–Trinajstić information content (AvgIpc) is 3.02. The lowest BCUT2D eigenvalue weighted by atomic mass is 10.1. The molecule has 0 saturated heterocycles. The molecule has 1 aromatic carbocycles. The van der Waals surface area contributed by atoms with Gasteiger partial charge < -0.3 is 9.30 Å². The SMILES string of the molecule is COCCn1cnc(-c2ccc3c(c2)c(I)cn3C)n1. The van der Waals surface area contributed by atoms with Crippen molar-refractivity contribution >= 4 is 33.5 Å². The van der Waals surface area contributed by atoms with Crippen molar-refractivity contribution in [1.29, 1.82) is 0 Å². The molecule has 0 unspecified atom stereocenters. The highest BCUT2D eigenvalue weighted by atomic mass is 127. The summed E-state index contributed by atoms with van der Waals surface area (Å²) in [6.07, 6.45) is 3.87. The number of ether oxygens (including phenoxy) is 1. The number of benzene rings is 1. The van der Waals surface area contributed by atoms with Crippen LogP contribution < -0.4 is 0 Å². The highest BCUT2D eigenvalue weighted by molar-refractivity contribution is 14.1. The van der Waals surface area contributed by atoms with Gasteiger partial charge in [-0.05, 0) is 40.8 Å². The van der Waals surface area contributed by atoms with E-state index in [0.29, 0.717) is 13.2 Å². The molecule has 0 N–H and O–H groups in total. The van der Waals surface area contributed by atoms with Gasteiger partial charge in [0.05, 0.1) is 13.2 Å². The Bertz CT molecular complexity index is 747. The second-order valence-electron chi connectivity index (χ2n) is 4.64. The number of hydrogen-bond donors (Lipinski definition) is 0. The van der Waals surface area contributed by atoms with Crippen molar-refractivity contribution in [3.63, 3.8) is 0 Å². The van der Waals surface area contributed by atoms with E-state index < -0.39 is 0 Å². The van der Waals surface area contributed by atoms with Gasteiger partial charge in [0.25, 0.3) is 0 Å². The molecule has 3 aromatic rings. The summed E-state index contributed by atoms with van der Waals surface area (Å²) < 4.78 is 10.2. The van der Waals surface area contributed by atoms with Crippen LogP contribution in [0.2, 0.25) is 0 Å². The third-order valence-corrected chi connectivity index (χ3v) is 4.12. The Morgan fingerprint density at radius 2 is 2.20 bits per heavy atom. The molecule has 3 rings (SSSR count). The monoisotopic (exact) mass is 382 g/mol. The van der Waals surface area contributed by atoms with Gasteiger partial charge in [-0.2, -0.15) is 5.10 Å². The van der Waals surface area contributed by atoms with Gasteiger partial charge in [-0.25, -0.2) is 4.98 Å². The summed E-state index contributed by atoms with van der Waals surface area (Å²) in [6.45, 7) is 1.35. The normalized spacial score (nSPS) is 11.3. The van der Waals surface area contributed by atoms with Gasteiger partial charge in [-0.3, -0.25) is 4.68 Å². The van der Waals surface area contributed by atoms with Crippen molar-refractivity contribution < 1.29 is 4.74 Å². The smallest absolute Gasteiger partial charge is 0.181 e. The highest BCUT2D eigenvalue weighted by Gasteiger charge is 2.09. The molecule has 2 heterocycles. The zero-order chi connectivity index (χ0) is 14.1. The molecule has 0 aliphatic carbocycles. The van der Waals surface area contributed by atoms with E-state index in [2.05, 4.69) is 68.7 Å². The van der Waals surface area contributed by atoms with Crippen molar-refractivity contribution in [2.45, 2.75) is 6.54 Å². The summed E-state index contributed by atoms with van der Waals surface area (Å²) in [5, 5.41) is 5.71. The van der Waals surface area contributed by atoms with Crippen LogP contribution in [0.5, 0.6) is 0 Å². The minimum Gasteiger partial charge on any atom is -0.383 e. The van der Waals surface area contributed by atoms with Crippen LogP contribution in [0.1, 0.15) is 0 Å². The number of halogens is 1. The van der Waals surface area contributed by atoms with Gasteiger partial charge in [-0.15, -0.1) is 0 Å². The third kappa shape index (κ3) is 2.45. The molecule has 104 valence electrons. The number of nitrogens with zero attached hydrogens (tertiary/aromatic N) is 4. The summed E-state index contributed by atoms with van der Waals surface area (Å²) in [7, 11) is 3.74. The minimum absolute atomic E-state index is 0.637. The van der Waals surface area contributed by atoms with Gasteiger partial charge >= 0.3 is 0 Å². The van der Waals surface area contributed by atoms with E-state index in [9.17, 15) is 0 Å². The maximum atomic E-state index is 5.04. The van der Waals surface area contributed by atoms with E-state index in [1.165, 1.54) is 14.5 Å². The quantitative estimate of drug-likeness (QED) is 0.652. The second kappa shape index (κ2) is 5.53. The van der Waals surface area contributed by atoms with Crippen LogP contribution >= 0.6 is 22.6 Å². The number of aryl methyl sites for hydroxylation is 1.